The highest BCUT2D eigenvalue weighted by Crippen LogP contribution is 2.36. The molecule has 0 bridgehead atoms. The zero-order chi connectivity index (χ0) is 31.3. The van der Waals surface area contributed by atoms with E-state index in [4.69, 9.17) is 18.9 Å². The molecule has 0 radical (unpaired) electrons. The van der Waals surface area contributed by atoms with Crippen molar-refractivity contribution in [1.29, 1.82) is 0 Å². The maximum atomic E-state index is 14.1. The highest BCUT2D eigenvalue weighted by Gasteiger charge is 2.34. The maximum Gasteiger partial charge on any atom is 0.343 e. The van der Waals surface area contributed by atoms with E-state index in [9.17, 15) is 14.4 Å². The Morgan fingerprint density at radius 3 is 2.49 bits per heavy atom. The third-order valence-corrected chi connectivity index (χ3v) is 8.53. The van der Waals surface area contributed by atoms with Crippen LogP contribution in [-0.2, 0) is 19.1 Å². The Morgan fingerprint density at radius 2 is 1.81 bits per heavy atom. The molecule has 1 aromatic heterocycles. The lowest BCUT2D eigenvalue weighted by Crippen LogP contribution is -2.40. The quantitative estimate of drug-likeness (QED) is 0.206. The van der Waals surface area contributed by atoms with Crippen LogP contribution >= 0.6 is 49.9 Å². The molecule has 1 aliphatic rings. The molecule has 13 heteroatoms. The Morgan fingerprint density at radius 1 is 1.07 bits per heavy atom. The Balaban J connectivity index is 1.94. The van der Waals surface area contributed by atoms with Crippen molar-refractivity contribution < 1.29 is 33.3 Å². The molecular weight excluding hydrogens is 755 g/mol. The molecule has 1 aliphatic heterocycles. The molecule has 0 N–H and O–H groups in total. The number of nitrogens with zero attached hydrogens (tertiary/aromatic N) is 2. The number of carbonyl (C=O) groups is 2. The van der Waals surface area contributed by atoms with Crippen LogP contribution in [0.1, 0.15) is 44.9 Å². The first-order valence-corrected chi connectivity index (χ1v) is 16.1. The van der Waals surface area contributed by atoms with Gasteiger partial charge >= 0.3 is 11.9 Å². The predicted octanol–water partition coefficient (Wildman–Crippen LogP) is 4.51. The van der Waals surface area contributed by atoms with Gasteiger partial charge < -0.3 is 23.7 Å². The molecule has 0 saturated carbocycles. The second kappa shape index (κ2) is 14.5. The van der Waals surface area contributed by atoms with Gasteiger partial charge in [-0.25, -0.2) is 14.6 Å². The van der Waals surface area contributed by atoms with Crippen molar-refractivity contribution in [2.45, 2.75) is 33.7 Å². The first-order chi connectivity index (χ1) is 20.6. The van der Waals surface area contributed by atoms with Crippen molar-refractivity contribution in [3.05, 3.63) is 80.5 Å². The van der Waals surface area contributed by atoms with Crippen molar-refractivity contribution in [2.24, 2.45) is 4.99 Å². The fraction of sp³-hybridized carbons (Fsp3) is 0.333. The molecule has 0 amide bonds. The average Bonchev–Trinajstić information content (AvgIpc) is 3.27. The normalized spacial score (nSPS) is 14.6. The fourth-order valence-corrected chi connectivity index (χ4v) is 7.25. The van der Waals surface area contributed by atoms with Gasteiger partial charge in [0.25, 0.3) is 5.56 Å². The van der Waals surface area contributed by atoms with E-state index < -0.39 is 18.0 Å². The van der Waals surface area contributed by atoms with Crippen molar-refractivity contribution in [3.63, 3.8) is 0 Å². The number of hydrogen-bond acceptors (Lipinski definition) is 10. The summed E-state index contributed by atoms with van der Waals surface area (Å²) < 4.78 is 31.1. The second-order valence-electron chi connectivity index (χ2n) is 9.05. The molecule has 0 spiro atoms. The third-order valence-electron chi connectivity index (χ3n) is 6.29. The molecule has 228 valence electrons. The van der Waals surface area contributed by atoms with Gasteiger partial charge in [0.15, 0.2) is 22.9 Å². The molecule has 4 rings (SSSR count). The molecule has 10 nitrogen and oxygen atoms in total. The summed E-state index contributed by atoms with van der Waals surface area (Å²) in [5.74, 6) is 0.200. The minimum Gasteiger partial charge on any atom is -0.492 e. The standard InChI is InChI=1S/C30H30BrIN2O8S/c1-6-39-22-12-17(9-10-21(22)42-15-24(35)38-5)26-25(29(37)41-8-3)16(4)33-30-34(26)28(36)23(43-30)13-18-11-19(31)14-20(32)27(18)40-7-2/h9-14,26H,6-8,15H2,1-5H3/b23-13+/t26-/m0/s1. The number of rotatable bonds is 11. The fourth-order valence-electron chi connectivity index (χ4n) is 4.51. The minimum atomic E-state index is -0.861. The highest BCUT2D eigenvalue weighted by molar-refractivity contribution is 14.1. The monoisotopic (exact) mass is 784 g/mol. The third kappa shape index (κ3) is 7.15. The van der Waals surface area contributed by atoms with Crippen LogP contribution in [0.4, 0.5) is 0 Å². The van der Waals surface area contributed by atoms with E-state index in [1.165, 1.54) is 23.0 Å². The molecule has 1 atom stereocenters. The van der Waals surface area contributed by atoms with Crippen LogP contribution in [-0.4, -0.2) is 50.0 Å². The van der Waals surface area contributed by atoms with Crippen LogP contribution in [0.5, 0.6) is 17.2 Å². The highest BCUT2D eigenvalue weighted by atomic mass is 127. The van der Waals surface area contributed by atoms with Gasteiger partial charge in [-0.05, 0) is 86.2 Å². The topological polar surface area (TPSA) is 115 Å². The van der Waals surface area contributed by atoms with E-state index in [1.807, 2.05) is 26.0 Å². The molecule has 3 aromatic rings. The lowest BCUT2D eigenvalue weighted by atomic mass is 9.95. The molecule has 0 fully saturated rings. The van der Waals surface area contributed by atoms with Crippen LogP contribution < -0.4 is 29.1 Å². The van der Waals surface area contributed by atoms with E-state index in [1.54, 1.807) is 38.1 Å². The lowest BCUT2D eigenvalue weighted by Gasteiger charge is -2.25. The molecule has 0 saturated heterocycles. The number of halogens is 2. The Hall–Kier alpha value is -3.17. The first kappa shape index (κ1) is 32.7. The van der Waals surface area contributed by atoms with Gasteiger partial charge in [0.2, 0.25) is 0 Å². The molecule has 2 aromatic carbocycles. The summed E-state index contributed by atoms with van der Waals surface area (Å²) in [6.45, 7) is 7.77. The van der Waals surface area contributed by atoms with Gasteiger partial charge in [-0.3, -0.25) is 9.36 Å². The lowest BCUT2D eigenvalue weighted by molar-refractivity contribution is -0.143. The van der Waals surface area contributed by atoms with Crippen LogP contribution in [0.25, 0.3) is 6.08 Å². The summed E-state index contributed by atoms with van der Waals surface area (Å²) in [6, 6.07) is 8.02. The Labute approximate surface area is 274 Å². The van der Waals surface area contributed by atoms with Gasteiger partial charge in [-0.2, -0.15) is 0 Å². The van der Waals surface area contributed by atoms with Gasteiger partial charge in [0.1, 0.15) is 5.75 Å². The number of benzene rings is 2. The van der Waals surface area contributed by atoms with Crippen LogP contribution in [0.3, 0.4) is 0 Å². The van der Waals surface area contributed by atoms with E-state index >= 15 is 0 Å². The number of aromatic nitrogens is 1. The van der Waals surface area contributed by atoms with E-state index in [0.717, 1.165) is 13.6 Å². The number of esters is 2. The van der Waals surface area contributed by atoms with Gasteiger partial charge in [0, 0.05) is 10.0 Å². The van der Waals surface area contributed by atoms with Crippen LogP contribution in [0.15, 0.2) is 55.9 Å². The predicted molar refractivity (Wildman–Crippen MR) is 174 cm³/mol. The summed E-state index contributed by atoms with van der Waals surface area (Å²) in [7, 11) is 1.27. The summed E-state index contributed by atoms with van der Waals surface area (Å²) in [5, 5.41) is 0. The maximum absolute atomic E-state index is 14.1. The second-order valence-corrected chi connectivity index (χ2v) is 12.1. The van der Waals surface area contributed by atoms with Gasteiger partial charge in [-0.15, -0.1) is 0 Å². The number of allylic oxidation sites excluding steroid dienone is 1. The largest absolute Gasteiger partial charge is 0.492 e. The van der Waals surface area contributed by atoms with Gasteiger partial charge in [-0.1, -0.05) is 33.3 Å². The van der Waals surface area contributed by atoms with Crippen LogP contribution in [0.2, 0.25) is 0 Å². The number of fused-ring (bicyclic) bond motifs is 1. The Kier molecular flexibility index (Phi) is 11.1. The molecule has 2 heterocycles. The number of carbonyl (C=O) groups excluding carboxylic acids is 2. The van der Waals surface area contributed by atoms with Crippen LogP contribution in [0, 0.1) is 3.57 Å². The average molecular weight is 785 g/mol. The molecule has 43 heavy (non-hydrogen) atoms. The van der Waals surface area contributed by atoms with Gasteiger partial charge in [0.05, 0.1) is 52.3 Å². The summed E-state index contributed by atoms with van der Waals surface area (Å²) in [6.07, 6.45) is 1.78. The number of methoxy groups -OCH3 is 1. The zero-order valence-electron chi connectivity index (χ0n) is 24.2. The molecule has 0 unspecified atom stereocenters. The first-order valence-electron chi connectivity index (χ1n) is 13.4. The molecular formula is C30H30BrIN2O8S. The summed E-state index contributed by atoms with van der Waals surface area (Å²) in [4.78, 5) is 44.2. The van der Waals surface area contributed by atoms with E-state index in [-0.39, 0.29) is 24.3 Å². The number of ether oxygens (including phenoxy) is 5. The van der Waals surface area contributed by atoms with E-state index in [2.05, 4.69) is 48.3 Å². The van der Waals surface area contributed by atoms with Crippen molar-refractivity contribution in [3.8, 4) is 17.2 Å². The zero-order valence-corrected chi connectivity index (χ0v) is 28.8. The smallest absolute Gasteiger partial charge is 0.343 e. The molecule has 0 aliphatic carbocycles. The summed E-state index contributed by atoms with van der Waals surface area (Å²) >= 11 is 6.95. The van der Waals surface area contributed by atoms with Crippen molar-refractivity contribution >= 4 is 67.9 Å². The summed E-state index contributed by atoms with van der Waals surface area (Å²) in [5.41, 5.74) is 1.65. The minimum absolute atomic E-state index is 0.152. The Bertz CT molecular complexity index is 1760. The van der Waals surface area contributed by atoms with E-state index in [0.29, 0.717) is 51.1 Å². The number of thiazole rings is 1. The SMILES string of the molecule is CCOC(=O)C1=C(C)N=c2s/c(=C/c3cc(Br)cc(I)c3OCC)c(=O)n2[C@H]1c1ccc(OCC(=O)OC)c(OCC)c1. The van der Waals surface area contributed by atoms with Crippen molar-refractivity contribution in [2.75, 3.05) is 33.5 Å². The van der Waals surface area contributed by atoms with Crippen molar-refractivity contribution in [1.82, 2.24) is 4.57 Å². The number of hydrogen-bond donors (Lipinski definition) is 0.